The lowest BCUT2D eigenvalue weighted by Gasteiger charge is -2.36. The van der Waals surface area contributed by atoms with Gasteiger partial charge >= 0.3 is 11.9 Å². The van der Waals surface area contributed by atoms with Crippen LogP contribution in [0.1, 0.15) is 42.7 Å². The molecule has 10 heteroatoms. The Morgan fingerprint density at radius 2 is 1.77 bits per heavy atom. The monoisotopic (exact) mass is 632 g/mol. The SMILES string of the molecule is C[C@H]([C@H](CC=Cc1nc2ccccc2o1)c1ccc2c(c1)OCO2)N(Cc1ccc2ccccc2c1)C(=O)[C@H]1OC(=O)C[C@@H]1C(=O)O. The van der Waals surface area contributed by atoms with E-state index >= 15 is 0 Å². The number of hydrogen-bond donors (Lipinski definition) is 1. The summed E-state index contributed by atoms with van der Waals surface area (Å²) in [5.74, 6) is -2.39. The van der Waals surface area contributed by atoms with Gasteiger partial charge in [-0.15, -0.1) is 0 Å². The van der Waals surface area contributed by atoms with Crippen LogP contribution >= 0.6 is 0 Å². The van der Waals surface area contributed by atoms with E-state index in [9.17, 15) is 19.5 Å². The van der Waals surface area contributed by atoms with Crippen molar-refractivity contribution in [2.24, 2.45) is 5.92 Å². The van der Waals surface area contributed by atoms with Crippen molar-refractivity contribution in [3.05, 3.63) is 108 Å². The lowest BCUT2D eigenvalue weighted by molar-refractivity contribution is -0.159. The number of para-hydroxylation sites is 2. The molecule has 1 fully saturated rings. The molecule has 1 amide bonds. The number of esters is 1. The summed E-state index contributed by atoms with van der Waals surface area (Å²) in [5, 5.41) is 11.9. The third kappa shape index (κ3) is 6.14. The maximum absolute atomic E-state index is 14.3. The van der Waals surface area contributed by atoms with Crippen LogP contribution in [-0.2, 0) is 25.7 Å². The number of rotatable bonds is 10. The van der Waals surface area contributed by atoms with Gasteiger partial charge in [-0.2, -0.15) is 0 Å². The Bertz CT molecular complexity index is 1980. The number of benzene rings is 4. The highest BCUT2D eigenvalue weighted by atomic mass is 16.7. The molecule has 10 nitrogen and oxygen atoms in total. The van der Waals surface area contributed by atoms with Crippen molar-refractivity contribution < 1.29 is 38.1 Å². The number of hydrogen-bond acceptors (Lipinski definition) is 8. The number of oxazole rings is 1. The minimum Gasteiger partial charge on any atom is -0.481 e. The predicted molar refractivity (Wildman–Crippen MR) is 173 cm³/mol. The predicted octanol–water partition coefficient (Wildman–Crippen LogP) is 6.33. The third-order valence-corrected chi connectivity index (χ3v) is 8.88. The molecule has 4 aromatic carbocycles. The second-order valence-electron chi connectivity index (χ2n) is 11.8. The Balaban J connectivity index is 1.26. The molecule has 0 unspecified atom stereocenters. The summed E-state index contributed by atoms with van der Waals surface area (Å²) in [6, 6.07) is 26.6. The number of aromatic nitrogens is 1. The van der Waals surface area contributed by atoms with Gasteiger partial charge in [0.1, 0.15) is 11.4 Å². The van der Waals surface area contributed by atoms with E-state index in [2.05, 4.69) is 4.98 Å². The van der Waals surface area contributed by atoms with Crippen molar-refractivity contribution in [1.82, 2.24) is 9.88 Å². The number of amides is 1. The molecule has 7 rings (SSSR count). The van der Waals surface area contributed by atoms with Gasteiger partial charge in [0.25, 0.3) is 5.91 Å². The fraction of sp³-hybridized carbons (Fsp3) is 0.243. The van der Waals surface area contributed by atoms with Gasteiger partial charge in [0.05, 0.1) is 6.42 Å². The van der Waals surface area contributed by atoms with E-state index in [4.69, 9.17) is 18.6 Å². The lowest BCUT2D eigenvalue weighted by Crippen LogP contribution is -2.48. The zero-order valence-corrected chi connectivity index (χ0v) is 25.6. The number of fused-ring (bicyclic) bond motifs is 3. The summed E-state index contributed by atoms with van der Waals surface area (Å²) in [6.07, 6.45) is 2.43. The minimum atomic E-state index is -1.43. The van der Waals surface area contributed by atoms with Crippen LogP contribution < -0.4 is 9.47 Å². The molecule has 3 heterocycles. The molecular weight excluding hydrogens is 600 g/mol. The molecule has 4 atom stereocenters. The Morgan fingerprint density at radius 3 is 2.60 bits per heavy atom. The molecule has 0 spiro atoms. The van der Waals surface area contributed by atoms with Gasteiger partial charge in [-0.1, -0.05) is 60.7 Å². The highest BCUT2D eigenvalue weighted by molar-refractivity contribution is 5.94. The molecule has 47 heavy (non-hydrogen) atoms. The standard InChI is InChI=1S/C37H32N2O8/c1-22(27(26-15-16-31-32(18-26)45-21-44-31)9-6-12-33-38-29-10-4-5-11-30(29)46-33)39(36(41)35-28(37(42)43)19-34(40)47-35)20-23-13-14-24-7-2-3-8-25(24)17-23/h2-8,10-18,22,27-28,35H,9,19-21H2,1H3,(H,42,43)/t22-,27+,28+,35+/m1/s1. The Morgan fingerprint density at radius 1 is 0.979 bits per heavy atom. The Hall–Kier alpha value is -5.64. The van der Waals surface area contributed by atoms with E-state index in [1.807, 2.05) is 97.9 Å². The highest BCUT2D eigenvalue weighted by Crippen LogP contribution is 2.39. The topological polar surface area (TPSA) is 128 Å². The van der Waals surface area contributed by atoms with Crippen LogP contribution in [0.4, 0.5) is 0 Å². The second-order valence-corrected chi connectivity index (χ2v) is 11.8. The van der Waals surface area contributed by atoms with E-state index < -0.39 is 35.9 Å². The first kappa shape index (κ1) is 30.0. The average Bonchev–Trinajstić information content (AvgIpc) is 3.82. The Labute approximate surface area is 270 Å². The summed E-state index contributed by atoms with van der Waals surface area (Å²) in [4.78, 5) is 44.9. The van der Waals surface area contributed by atoms with Crippen molar-refractivity contribution in [1.29, 1.82) is 0 Å². The number of carbonyl (C=O) groups excluding carboxylic acids is 2. The van der Waals surface area contributed by atoms with Crippen LogP contribution in [0, 0.1) is 5.92 Å². The quantitative estimate of drug-likeness (QED) is 0.176. The van der Waals surface area contributed by atoms with Gasteiger partial charge in [0.15, 0.2) is 23.2 Å². The molecule has 5 aromatic rings. The van der Waals surface area contributed by atoms with Crippen LogP contribution in [0.5, 0.6) is 11.5 Å². The smallest absolute Gasteiger partial charge is 0.311 e. The summed E-state index contributed by atoms with van der Waals surface area (Å²) in [7, 11) is 0. The van der Waals surface area contributed by atoms with Crippen LogP contribution in [0.25, 0.3) is 27.9 Å². The lowest BCUT2D eigenvalue weighted by atomic mass is 9.87. The average molecular weight is 633 g/mol. The molecule has 2 aliphatic heterocycles. The molecule has 1 N–H and O–H groups in total. The van der Waals surface area contributed by atoms with E-state index in [0.29, 0.717) is 29.4 Å². The van der Waals surface area contributed by atoms with E-state index in [1.54, 1.807) is 11.0 Å². The first-order valence-corrected chi connectivity index (χ1v) is 15.5. The van der Waals surface area contributed by atoms with Crippen molar-refractivity contribution in [3.63, 3.8) is 0 Å². The molecular formula is C37H32N2O8. The second kappa shape index (κ2) is 12.6. The van der Waals surface area contributed by atoms with Crippen molar-refractivity contribution in [2.75, 3.05) is 6.79 Å². The zero-order valence-electron chi connectivity index (χ0n) is 25.6. The number of cyclic esters (lactones) is 1. The Kier molecular flexibility index (Phi) is 8.07. The minimum absolute atomic E-state index is 0.118. The molecule has 0 saturated carbocycles. The number of carboxylic acids is 1. The molecule has 0 radical (unpaired) electrons. The highest BCUT2D eigenvalue weighted by Gasteiger charge is 2.47. The number of carboxylic acid groups (broad SMARTS) is 1. The van der Waals surface area contributed by atoms with Gasteiger partial charge in [-0.05, 0) is 71.7 Å². The molecule has 0 bridgehead atoms. The normalized spacial score (nSPS) is 18.4. The van der Waals surface area contributed by atoms with Crippen molar-refractivity contribution in [2.45, 2.75) is 44.4 Å². The summed E-state index contributed by atoms with van der Waals surface area (Å²) in [6.45, 7) is 2.21. The van der Waals surface area contributed by atoms with Gasteiger partial charge in [0, 0.05) is 18.5 Å². The fourth-order valence-corrected chi connectivity index (χ4v) is 6.37. The van der Waals surface area contributed by atoms with Crippen LogP contribution in [-0.4, -0.2) is 51.8 Å². The van der Waals surface area contributed by atoms with Crippen LogP contribution in [0.15, 0.2) is 95.4 Å². The number of allylic oxidation sites excluding steroid dienone is 1. The fourth-order valence-electron chi connectivity index (χ4n) is 6.37. The third-order valence-electron chi connectivity index (χ3n) is 8.88. The van der Waals surface area contributed by atoms with Crippen LogP contribution in [0.3, 0.4) is 0 Å². The summed E-state index contributed by atoms with van der Waals surface area (Å²) < 4.78 is 22.5. The first-order chi connectivity index (χ1) is 22.8. The number of ether oxygens (including phenoxy) is 3. The summed E-state index contributed by atoms with van der Waals surface area (Å²) >= 11 is 0. The maximum Gasteiger partial charge on any atom is 0.311 e. The van der Waals surface area contributed by atoms with Crippen molar-refractivity contribution in [3.8, 4) is 11.5 Å². The zero-order chi connectivity index (χ0) is 32.5. The van der Waals surface area contributed by atoms with Gasteiger partial charge in [-0.25, -0.2) is 4.98 Å². The number of nitrogens with zero attached hydrogens (tertiary/aromatic N) is 2. The molecule has 238 valence electrons. The number of aliphatic carboxylic acids is 1. The van der Waals surface area contributed by atoms with Crippen LogP contribution in [0.2, 0.25) is 0 Å². The van der Waals surface area contributed by atoms with Gasteiger partial charge in [0.2, 0.25) is 12.7 Å². The van der Waals surface area contributed by atoms with Crippen molar-refractivity contribution >= 4 is 45.8 Å². The molecule has 1 saturated heterocycles. The molecule has 1 aromatic heterocycles. The maximum atomic E-state index is 14.3. The van der Waals surface area contributed by atoms with Gasteiger partial charge in [-0.3, -0.25) is 14.4 Å². The first-order valence-electron chi connectivity index (χ1n) is 15.5. The number of carbonyl (C=O) groups is 3. The van der Waals surface area contributed by atoms with E-state index in [1.165, 1.54) is 0 Å². The van der Waals surface area contributed by atoms with Gasteiger partial charge < -0.3 is 28.6 Å². The van der Waals surface area contributed by atoms with E-state index in [0.717, 1.165) is 27.4 Å². The largest absolute Gasteiger partial charge is 0.481 e. The molecule has 0 aliphatic carbocycles. The summed E-state index contributed by atoms with van der Waals surface area (Å²) in [5.41, 5.74) is 3.17. The van der Waals surface area contributed by atoms with E-state index in [-0.39, 0.29) is 25.7 Å². The molecule has 2 aliphatic rings.